The summed E-state index contributed by atoms with van der Waals surface area (Å²) in [7, 11) is 3.36. The Kier molecular flexibility index (Phi) is 3.62. The third kappa shape index (κ3) is 2.38. The number of fused-ring (bicyclic) bond motifs is 1. The largest absolute Gasteiger partial charge is 0.493 e. The van der Waals surface area contributed by atoms with Gasteiger partial charge in [0.2, 0.25) is 0 Å². The number of benzene rings is 1. The minimum atomic E-state index is 0.343. The predicted octanol–water partition coefficient (Wildman–Crippen LogP) is 5.55. The summed E-state index contributed by atoms with van der Waals surface area (Å²) in [6.45, 7) is 0. The molecule has 2 aromatic heterocycles. The van der Waals surface area contributed by atoms with Gasteiger partial charge >= 0.3 is 0 Å². The molecule has 0 saturated heterocycles. The maximum Gasteiger partial charge on any atom is 0.194 e. The number of rotatable bonds is 4. The number of imidazole rings is 1. The molecule has 4 aliphatic carbocycles. The monoisotopic (exact) mass is 394 g/mol. The van der Waals surface area contributed by atoms with Crippen molar-refractivity contribution in [2.24, 2.45) is 17.8 Å². The van der Waals surface area contributed by atoms with Crippen LogP contribution < -0.4 is 9.47 Å². The van der Waals surface area contributed by atoms with Crippen molar-refractivity contribution in [1.82, 2.24) is 9.38 Å². The van der Waals surface area contributed by atoms with E-state index in [9.17, 15) is 0 Å². The molecule has 146 valence electrons. The Morgan fingerprint density at radius 1 is 1.00 bits per heavy atom. The van der Waals surface area contributed by atoms with Crippen LogP contribution in [0.2, 0.25) is 0 Å². The molecule has 7 rings (SSSR count). The molecule has 0 amide bonds. The van der Waals surface area contributed by atoms with Gasteiger partial charge in [0.05, 0.1) is 25.6 Å². The standard InChI is InChI=1S/C23H26N2O2S/c1-26-19-4-3-17(8-20(19)27-2)18-13-28-22-24-21(12-25(18)22)23-9-14-5-15(10-23)7-16(6-14)11-23/h3-4,8,12-16H,5-7,9-11H2,1-2H3. The van der Waals surface area contributed by atoms with Crippen LogP contribution in [0.25, 0.3) is 16.2 Å². The molecule has 0 spiro atoms. The first-order chi connectivity index (χ1) is 13.7. The lowest BCUT2D eigenvalue weighted by Gasteiger charge is -2.56. The fraction of sp³-hybridized carbons (Fsp3) is 0.522. The number of aromatic nitrogens is 2. The predicted molar refractivity (Wildman–Crippen MR) is 111 cm³/mol. The second kappa shape index (κ2) is 5.99. The SMILES string of the molecule is COc1ccc(-c2csc3nc(C45CC6CC(CC(C6)C4)C5)cn23)cc1OC. The summed E-state index contributed by atoms with van der Waals surface area (Å²) in [5.41, 5.74) is 4.01. The van der Waals surface area contributed by atoms with Crippen LogP contribution in [-0.4, -0.2) is 23.6 Å². The average molecular weight is 395 g/mol. The van der Waals surface area contributed by atoms with Gasteiger partial charge in [-0.1, -0.05) is 0 Å². The molecule has 4 aliphatic rings. The van der Waals surface area contributed by atoms with Crippen molar-refractivity contribution in [1.29, 1.82) is 0 Å². The van der Waals surface area contributed by atoms with Gasteiger partial charge in [-0.15, -0.1) is 11.3 Å². The van der Waals surface area contributed by atoms with E-state index in [0.717, 1.165) is 39.8 Å². The Morgan fingerprint density at radius 2 is 1.68 bits per heavy atom. The smallest absolute Gasteiger partial charge is 0.194 e. The zero-order valence-corrected chi connectivity index (χ0v) is 17.3. The Morgan fingerprint density at radius 3 is 2.32 bits per heavy atom. The highest BCUT2D eigenvalue weighted by Gasteiger charge is 2.52. The van der Waals surface area contributed by atoms with Crippen LogP contribution in [0.3, 0.4) is 0 Å². The van der Waals surface area contributed by atoms with Gasteiger partial charge in [0.1, 0.15) is 0 Å². The van der Waals surface area contributed by atoms with Crippen molar-refractivity contribution >= 4 is 16.3 Å². The topological polar surface area (TPSA) is 35.8 Å². The molecule has 0 aliphatic heterocycles. The normalized spacial score (nSPS) is 30.9. The van der Waals surface area contributed by atoms with Gasteiger partial charge in [0.15, 0.2) is 16.5 Å². The molecule has 28 heavy (non-hydrogen) atoms. The molecule has 0 unspecified atom stereocenters. The van der Waals surface area contributed by atoms with Crippen LogP contribution in [-0.2, 0) is 5.41 Å². The van der Waals surface area contributed by atoms with E-state index in [4.69, 9.17) is 14.5 Å². The van der Waals surface area contributed by atoms with E-state index < -0.39 is 0 Å². The molecular weight excluding hydrogens is 368 g/mol. The van der Waals surface area contributed by atoms with E-state index in [1.165, 1.54) is 49.9 Å². The number of methoxy groups -OCH3 is 2. The number of hydrogen-bond acceptors (Lipinski definition) is 4. The molecular formula is C23H26N2O2S. The minimum absolute atomic E-state index is 0.343. The van der Waals surface area contributed by atoms with E-state index in [-0.39, 0.29) is 0 Å². The Labute approximate surface area is 169 Å². The van der Waals surface area contributed by atoms with Crippen molar-refractivity contribution in [3.05, 3.63) is 35.5 Å². The minimum Gasteiger partial charge on any atom is -0.493 e. The molecule has 0 radical (unpaired) electrons. The van der Waals surface area contributed by atoms with Crippen molar-refractivity contribution in [2.75, 3.05) is 14.2 Å². The van der Waals surface area contributed by atoms with E-state index in [1.54, 1.807) is 25.6 Å². The first kappa shape index (κ1) is 16.9. The number of hydrogen-bond donors (Lipinski definition) is 0. The fourth-order valence-corrected chi connectivity index (χ4v) is 7.55. The molecule has 0 N–H and O–H groups in total. The molecule has 3 aromatic rings. The van der Waals surface area contributed by atoms with E-state index in [0.29, 0.717) is 5.41 Å². The number of nitrogens with zero attached hydrogens (tertiary/aromatic N) is 2. The summed E-state index contributed by atoms with van der Waals surface area (Å²) < 4.78 is 13.2. The zero-order chi connectivity index (χ0) is 18.9. The molecule has 4 fully saturated rings. The lowest BCUT2D eigenvalue weighted by atomic mass is 9.49. The van der Waals surface area contributed by atoms with Crippen molar-refractivity contribution in [2.45, 2.75) is 43.9 Å². The Balaban J connectivity index is 1.42. The lowest BCUT2D eigenvalue weighted by Crippen LogP contribution is -2.48. The molecule has 5 heteroatoms. The maximum atomic E-state index is 5.51. The van der Waals surface area contributed by atoms with Crippen LogP contribution >= 0.6 is 11.3 Å². The molecule has 2 heterocycles. The highest BCUT2D eigenvalue weighted by atomic mass is 32.1. The fourth-order valence-electron chi connectivity index (χ4n) is 6.67. The summed E-state index contributed by atoms with van der Waals surface area (Å²) in [6, 6.07) is 6.15. The van der Waals surface area contributed by atoms with E-state index >= 15 is 0 Å². The van der Waals surface area contributed by atoms with E-state index in [2.05, 4.69) is 28.1 Å². The average Bonchev–Trinajstić information content (AvgIpc) is 3.27. The zero-order valence-electron chi connectivity index (χ0n) is 16.5. The summed E-state index contributed by atoms with van der Waals surface area (Å²) in [6.07, 6.45) is 10.8. The first-order valence-corrected chi connectivity index (χ1v) is 11.2. The van der Waals surface area contributed by atoms with Gasteiger partial charge < -0.3 is 9.47 Å². The van der Waals surface area contributed by atoms with Crippen LogP contribution in [0.1, 0.15) is 44.2 Å². The second-order valence-electron chi connectivity index (χ2n) is 9.17. The quantitative estimate of drug-likeness (QED) is 0.582. The maximum absolute atomic E-state index is 5.51. The second-order valence-corrected chi connectivity index (χ2v) is 10.0. The molecule has 1 aromatic carbocycles. The summed E-state index contributed by atoms with van der Waals surface area (Å²) >= 11 is 1.74. The summed E-state index contributed by atoms with van der Waals surface area (Å²) in [5, 5.41) is 2.20. The van der Waals surface area contributed by atoms with Gasteiger partial charge in [0, 0.05) is 22.6 Å². The molecule has 4 nitrogen and oxygen atoms in total. The summed E-state index contributed by atoms with van der Waals surface area (Å²) in [5.74, 6) is 4.35. The van der Waals surface area contributed by atoms with E-state index in [1.807, 2.05) is 6.07 Å². The van der Waals surface area contributed by atoms with Gasteiger partial charge in [0.25, 0.3) is 0 Å². The third-order valence-corrected chi connectivity index (χ3v) is 8.31. The van der Waals surface area contributed by atoms with Gasteiger partial charge in [-0.05, 0) is 74.5 Å². The molecule has 4 bridgehead atoms. The first-order valence-electron chi connectivity index (χ1n) is 10.4. The highest BCUT2D eigenvalue weighted by molar-refractivity contribution is 7.15. The van der Waals surface area contributed by atoms with Crippen molar-refractivity contribution in [3.63, 3.8) is 0 Å². The Bertz CT molecular complexity index is 1010. The number of thiazole rings is 1. The van der Waals surface area contributed by atoms with Crippen LogP contribution in [0.5, 0.6) is 11.5 Å². The van der Waals surface area contributed by atoms with Crippen LogP contribution in [0.4, 0.5) is 0 Å². The summed E-state index contributed by atoms with van der Waals surface area (Å²) in [4.78, 5) is 6.26. The molecule has 0 atom stereocenters. The Hall–Kier alpha value is -2.01. The van der Waals surface area contributed by atoms with Gasteiger partial charge in [-0.2, -0.15) is 0 Å². The van der Waals surface area contributed by atoms with Crippen molar-refractivity contribution < 1.29 is 9.47 Å². The van der Waals surface area contributed by atoms with Crippen molar-refractivity contribution in [3.8, 4) is 22.8 Å². The highest BCUT2D eigenvalue weighted by Crippen LogP contribution is 2.60. The number of ether oxygens (including phenoxy) is 2. The van der Waals surface area contributed by atoms with Gasteiger partial charge in [-0.25, -0.2) is 4.98 Å². The molecule has 4 saturated carbocycles. The lowest BCUT2D eigenvalue weighted by molar-refractivity contribution is -0.00696. The van der Waals surface area contributed by atoms with Crippen LogP contribution in [0, 0.1) is 17.8 Å². The van der Waals surface area contributed by atoms with Gasteiger partial charge in [-0.3, -0.25) is 4.40 Å². The van der Waals surface area contributed by atoms with Crippen LogP contribution in [0.15, 0.2) is 29.8 Å². The third-order valence-electron chi connectivity index (χ3n) is 7.47.